The summed E-state index contributed by atoms with van der Waals surface area (Å²) in [6, 6.07) is 1.19. The van der Waals surface area contributed by atoms with Crippen molar-refractivity contribution in [3.05, 3.63) is 0 Å². The fourth-order valence-electron chi connectivity index (χ4n) is 2.03. The van der Waals surface area contributed by atoms with E-state index in [1.165, 1.54) is 13.0 Å². The van der Waals surface area contributed by atoms with Gasteiger partial charge in [-0.2, -0.15) is 0 Å². The fraction of sp³-hybridized carbons (Fsp3) is 0.917. The predicted octanol–water partition coefficient (Wildman–Crippen LogP) is 0.330. The molecule has 1 saturated heterocycles. The Labute approximate surface area is 105 Å². The number of nitrogens with zero attached hydrogens (tertiary/aromatic N) is 2. The lowest BCUT2D eigenvalue weighted by Crippen LogP contribution is -2.41. The molecule has 0 radical (unpaired) electrons. The molecule has 0 aromatic heterocycles. The number of hydrogen-bond acceptors (Lipinski definition) is 3. The van der Waals surface area contributed by atoms with Gasteiger partial charge in [-0.25, -0.2) is 4.79 Å². The fourth-order valence-corrected chi connectivity index (χ4v) is 2.03. The van der Waals surface area contributed by atoms with E-state index in [4.69, 9.17) is 0 Å². The van der Waals surface area contributed by atoms with Crippen LogP contribution in [-0.2, 0) is 0 Å². The molecule has 1 unspecified atom stereocenters. The van der Waals surface area contributed by atoms with Crippen molar-refractivity contribution in [2.45, 2.75) is 32.4 Å². The van der Waals surface area contributed by atoms with Crippen LogP contribution in [0.2, 0.25) is 0 Å². The number of carbonyl (C=O) groups is 1. The van der Waals surface area contributed by atoms with Gasteiger partial charge in [-0.3, -0.25) is 4.90 Å². The van der Waals surface area contributed by atoms with E-state index in [1.54, 1.807) is 19.0 Å². The van der Waals surface area contributed by atoms with Gasteiger partial charge < -0.3 is 15.5 Å². The van der Waals surface area contributed by atoms with E-state index in [2.05, 4.69) is 29.4 Å². The van der Waals surface area contributed by atoms with Crippen LogP contribution in [0.1, 0.15) is 20.3 Å². The minimum absolute atomic E-state index is 0.0259. The van der Waals surface area contributed by atoms with Crippen molar-refractivity contribution in [2.24, 2.45) is 0 Å². The summed E-state index contributed by atoms with van der Waals surface area (Å²) >= 11 is 0. The third-order valence-electron chi connectivity index (χ3n) is 3.19. The Morgan fingerprint density at radius 1 is 1.41 bits per heavy atom. The lowest BCUT2D eigenvalue weighted by molar-refractivity contribution is 0.217. The zero-order valence-electron chi connectivity index (χ0n) is 11.5. The van der Waals surface area contributed by atoms with Gasteiger partial charge >= 0.3 is 6.03 Å². The van der Waals surface area contributed by atoms with Crippen LogP contribution in [0, 0.1) is 0 Å². The Morgan fingerprint density at radius 3 is 2.65 bits per heavy atom. The molecule has 17 heavy (non-hydrogen) atoms. The van der Waals surface area contributed by atoms with Gasteiger partial charge in [0.25, 0.3) is 0 Å². The van der Waals surface area contributed by atoms with Crippen molar-refractivity contribution in [3.63, 3.8) is 0 Å². The highest BCUT2D eigenvalue weighted by atomic mass is 16.2. The normalized spacial score (nSPS) is 20.9. The molecule has 0 aromatic carbocycles. The first kappa shape index (κ1) is 14.3. The van der Waals surface area contributed by atoms with Crippen molar-refractivity contribution in [3.8, 4) is 0 Å². The summed E-state index contributed by atoms with van der Waals surface area (Å²) in [5.74, 6) is 0. The molecule has 0 spiro atoms. The third kappa shape index (κ3) is 4.91. The van der Waals surface area contributed by atoms with Crippen LogP contribution in [0.15, 0.2) is 0 Å². The number of amides is 2. The molecule has 5 heteroatoms. The van der Waals surface area contributed by atoms with Crippen LogP contribution in [0.3, 0.4) is 0 Å². The quantitative estimate of drug-likeness (QED) is 0.683. The van der Waals surface area contributed by atoms with Crippen LogP contribution in [0.4, 0.5) is 4.79 Å². The van der Waals surface area contributed by atoms with Crippen molar-refractivity contribution < 1.29 is 4.79 Å². The van der Waals surface area contributed by atoms with Crippen LogP contribution in [0.5, 0.6) is 0 Å². The first-order valence-corrected chi connectivity index (χ1v) is 6.43. The van der Waals surface area contributed by atoms with Gasteiger partial charge in [0.05, 0.1) is 0 Å². The SMILES string of the molecule is CC(C)N1CCC(NCCNC(=O)N(C)C)C1. The smallest absolute Gasteiger partial charge is 0.316 e. The van der Waals surface area contributed by atoms with E-state index in [-0.39, 0.29) is 6.03 Å². The monoisotopic (exact) mass is 242 g/mol. The molecule has 0 aromatic rings. The molecule has 0 saturated carbocycles. The number of urea groups is 1. The second-order valence-corrected chi connectivity index (χ2v) is 5.15. The van der Waals surface area contributed by atoms with Crippen molar-refractivity contribution in [1.82, 2.24) is 20.4 Å². The number of nitrogens with one attached hydrogen (secondary N) is 2. The van der Waals surface area contributed by atoms with Gasteiger partial charge in [0.2, 0.25) is 0 Å². The summed E-state index contributed by atoms with van der Waals surface area (Å²) in [6.07, 6.45) is 1.21. The molecule has 1 aliphatic heterocycles. The average molecular weight is 242 g/mol. The third-order valence-corrected chi connectivity index (χ3v) is 3.19. The van der Waals surface area contributed by atoms with E-state index in [1.807, 2.05) is 0 Å². The number of hydrogen-bond donors (Lipinski definition) is 2. The summed E-state index contributed by atoms with van der Waals surface area (Å²) in [5.41, 5.74) is 0. The Hall–Kier alpha value is -0.810. The van der Waals surface area contributed by atoms with Crippen molar-refractivity contribution in [2.75, 3.05) is 40.3 Å². The molecule has 0 aliphatic carbocycles. The first-order valence-electron chi connectivity index (χ1n) is 6.43. The second kappa shape index (κ2) is 6.81. The zero-order chi connectivity index (χ0) is 12.8. The highest BCUT2D eigenvalue weighted by Gasteiger charge is 2.23. The summed E-state index contributed by atoms with van der Waals surface area (Å²) in [6.45, 7) is 8.31. The highest BCUT2D eigenvalue weighted by Crippen LogP contribution is 2.11. The minimum atomic E-state index is -0.0259. The maximum Gasteiger partial charge on any atom is 0.316 e. The van der Waals surface area contributed by atoms with Crippen LogP contribution in [-0.4, -0.2) is 68.2 Å². The Balaban J connectivity index is 2.06. The largest absolute Gasteiger partial charge is 0.337 e. The predicted molar refractivity (Wildman–Crippen MR) is 70.2 cm³/mol. The molecule has 1 fully saturated rings. The Kier molecular flexibility index (Phi) is 5.71. The standard InChI is InChI=1S/C12H26N4O/c1-10(2)16-8-5-11(9-16)13-6-7-14-12(17)15(3)4/h10-11,13H,5-9H2,1-4H3,(H,14,17). The summed E-state index contributed by atoms with van der Waals surface area (Å²) in [5, 5.41) is 6.34. The molecular weight excluding hydrogens is 216 g/mol. The summed E-state index contributed by atoms with van der Waals surface area (Å²) in [4.78, 5) is 15.3. The Bertz CT molecular complexity index is 243. The molecule has 0 bridgehead atoms. The molecule has 1 heterocycles. The second-order valence-electron chi connectivity index (χ2n) is 5.15. The van der Waals surface area contributed by atoms with E-state index >= 15 is 0 Å². The van der Waals surface area contributed by atoms with E-state index in [9.17, 15) is 4.79 Å². The zero-order valence-corrected chi connectivity index (χ0v) is 11.5. The maximum atomic E-state index is 11.3. The van der Waals surface area contributed by atoms with Gasteiger partial charge in [-0.15, -0.1) is 0 Å². The molecule has 1 aliphatic rings. The highest BCUT2D eigenvalue weighted by molar-refractivity contribution is 5.73. The van der Waals surface area contributed by atoms with Gasteiger partial charge in [0.1, 0.15) is 0 Å². The average Bonchev–Trinajstić information content (AvgIpc) is 2.72. The molecule has 2 amide bonds. The van der Waals surface area contributed by atoms with Crippen LogP contribution in [0.25, 0.3) is 0 Å². The molecular formula is C12H26N4O. The van der Waals surface area contributed by atoms with E-state index in [0.29, 0.717) is 18.6 Å². The molecule has 5 nitrogen and oxygen atoms in total. The van der Waals surface area contributed by atoms with Crippen molar-refractivity contribution >= 4 is 6.03 Å². The maximum absolute atomic E-state index is 11.3. The van der Waals surface area contributed by atoms with Gasteiger partial charge in [0.15, 0.2) is 0 Å². The molecule has 1 rings (SSSR count). The number of likely N-dealkylation sites (tertiary alicyclic amines) is 1. The lowest BCUT2D eigenvalue weighted by Gasteiger charge is -2.20. The Morgan fingerprint density at radius 2 is 2.12 bits per heavy atom. The van der Waals surface area contributed by atoms with Crippen LogP contribution < -0.4 is 10.6 Å². The van der Waals surface area contributed by atoms with Gasteiger partial charge in [-0.1, -0.05) is 0 Å². The summed E-state index contributed by atoms with van der Waals surface area (Å²) in [7, 11) is 3.50. The van der Waals surface area contributed by atoms with Gasteiger partial charge in [0, 0.05) is 45.8 Å². The van der Waals surface area contributed by atoms with Crippen LogP contribution >= 0.6 is 0 Å². The topological polar surface area (TPSA) is 47.6 Å². The molecule has 1 atom stereocenters. The van der Waals surface area contributed by atoms with E-state index < -0.39 is 0 Å². The van der Waals surface area contributed by atoms with Gasteiger partial charge in [-0.05, 0) is 26.8 Å². The first-order chi connectivity index (χ1) is 8.00. The lowest BCUT2D eigenvalue weighted by atomic mass is 10.2. The van der Waals surface area contributed by atoms with Crippen molar-refractivity contribution in [1.29, 1.82) is 0 Å². The number of carbonyl (C=O) groups excluding carboxylic acids is 1. The van der Waals surface area contributed by atoms with E-state index in [0.717, 1.165) is 13.1 Å². The number of rotatable bonds is 5. The molecule has 2 N–H and O–H groups in total. The minimum Gasteiger partial charge on any atom is -0.337 e. The summed E-state index contributed by atoms with van der Waals surface area (Å²) < 4.78 is 0. The molecule has 100 valence electrons.